The number of anilines is 2. The van der Waals surface area contributed by atoms with Gasteiger partial charge in [-0.1, -0.05) is 36.4 Å². The van der Waals surface area contributed by atoms with Crippen molar-refractivity contribution in [2.75, 3.05) is 17.3 Å². The summed E-state index contributed by atoms with van der Waals surface area (Å²) in [4.78, 5) is 26.7. The summed E-state index contributed by atoms with van der Waals surface area (Å²) in [5.41, 5.74) is 2.30. The summed E-state index contributed by atoms with van der Waals surface area (Å²) < 4.78 is 5.79. The fraction of sp³-hybridized carbons (Fsp3) is 0.130. The van der Waals surface area contributed by atoms with Gasteiger partial charge in [-0.15, -0.1) is 0 Å². The molecular weight excluding hydrogens is 352 g/mol. The van der Waals surface area contributed by atoms with E-state index >= 15 is 0 Å². The molecule has 1 N–H and O–H groups in total. The van der Waals surface area contributed by atoms with Gasteiger partial charge in [0.15, 0.2) is 0 Å². The lowest BCUT2D eigenvalue weighted by Crippen LogP contribution is -2.36. The van der Waals surface area contributed by atoms with E-state index in [1.54, 1.807) is 11.9 Å². The van der Waals surface area contributed by atoms with Crippen LogP contribution in [0.15, 0.2) is 78.9 Å². The molecule has 0 fully saturated rings. The van der Waals surface area contributed by atoms with Crippen molar-refractivity contribution in [2.45, 2.75) is 12.3 Å². The van der Waals surface area contributed by atoms with Gasteiger partial charge in [-0.25, -0.2) is 0 Å². The van der Waals surface area contributed by atoms with E-state index in [-0.39, 0.29) is 18.2 Å². The zero-order valence-corrected chi connectivity index (χ0v) is 15.5. The zero-order chi connectivity index (χ0) is 19.5. The lowest BCUT2D eigenvalue weighted by molar-refractivity contribution is -0.124. The largest absolute Gasteiger partial charge is 0.457 e. The number of likely N-dealkylation sites (N-methyl/N-ethyl adjacent to an activating group) is 1. The van der Waals surface area contributed by atoms with E-state index in [1.165, 1.54) is 0 Å². The van der Waals surface area contributed by atoms with Gasteiger partial charge in [-0.2, -0.15) is 0 Å². The number of carbonyl (C=O) groups is 2. The van der Waals surface area contributed by atoms with E-state index in [1.807, 2.05) is 78.9 Å². The van der Waals surface area contributed by atoms with E-state index in [4.69, 9.17) is 4.74 Å². The van der Waals surface area contributed by atoms with Gasteiger partial charge in [0, 0.05) is 24.8 Å². The predicted octanol–water partition coefficient (Wildman–Crippen LogP) is 4.57. The maximum Gasteiger partial charge on any atom is 0.234 e. The third-order valence-corrected chi connectivity index (χ3v) is 4.83. The van der Waals surface area contributed by atoms with Crippen molar-refractivity contribution >= 4 is 23.2 Å². The molecule has 0 spiro atoms. The number of hydrogen-bond acceptors (Lipinski definition) is 3. The van der Waals surface area contributed by atoms with E-state index in [0.717, 1.165) is 17.0 Å². The number of hydrogen-bond donors (Lipinski definition) is 1. The number of fused-ring (bicyclic) bond motifs is 1. The van der Waals surface area contributed by atoms with Crippen LogP contribution < -0.4 is 15.0 Å². The molecule has 0 aliphatic carbocycles. The smallest absolute Gasteiger partial charge is 0.234 e. The summed E-state index contributed by atoms with van der Waals surface area (Å²) in [6.45, 7) is 0. The lowest BCUT2D eigenvalue weighted by atomic mass is 9.89. The van der Waals surface area contributed by atoms with Gasteiger partial charge >= 0.3 is 0 Å². The number of para-hydroxylation sites is 2. The Balaban J connectivity index is 1.52. The van der Waals surface area contributed by atoms with Crippen molar-refractivity contribution < 1.29 is 14.3 Å². The first-order valence-electron chi connectivity index (χ1n) is 9.11. The van der Waals surface area contributed by atoms with Crippen LogP contribution in [-0.2, 0) is 9.59 Å². The topological polar surface area (TPSA) is 58.6 Å². The SMILES string of the molecule is CN(C(=O)C1CC(=O)Nc2ccccc21)c1ccc(Oc2ccccc2)cc1. The summed E-state index contributed by atoms with van der Waals surface area (Å²) in [5.74, 6) is 0.703. The Morgan fingerprint density at radius 3 is 2.32 bits per heavy atom. The van der Waals surface area contributed by atoms with Crippen molar-refractivity contribution in [2.24, 2.45) is 0 Å². The first-order chi connectivity index (χ1) is 13.6. The zero-order valence-electron chi connectivity index (χ0n) is 15.5. The van der Waals surface area contributed by atoms with Crippen LogP contribution >= 0.6 is 0 Å². The molecule has 1 aliphatic rings. The van der Waals surface area contributed by atoms with Gasteiger partial charge < -0.3 is 15.0 Å². The van der Waals surface area contributed by atoms with Gasteiger partial charge in [-0.05, 0) is 48.0 Å². The van der Waals surface area contributed by atoms with Crippen LogP contribution in [0, 0.1) is 0 Å². The molecule has 4 rings (SSSR count). The fourth-order valence-electron chi connectivity index (χ4n) is 3.36. The molecule has 3 aromatic rings. The highest BCUT2D eigenvalue weighted by Gasteiger charge is 2.32. The normalized spacial score (nSPS) is 15.3. The number of nitrogens with one attached hydrogen (secondary N) is 1. The standard InChI is InChI=1S/C23H20N2O3/c1-25(16-11-13-18(14-12-16)28-17-7-3-2-4-8-17)23(27)20-15-22(26)24-21-10-6-5-9-19(20)21/h2-14,20H,15H2,1H3,(H,24,26). The first-order valence-corrected chi connectivity index (χ1v) is 9.11. The molecule has 28 heavy (non-hydrogen) atoms. The summed E-state index contributed by atoms with van der Waals surface area (Å²) in [6.07, 6.45) is 0.148. The summed E-state index contributed by atoms with van der Waals surface area (Å²) in [7, 11) is 1.73. The maximum absolute atomic E-state index is 13.1. The maximum atomic E-state index is 13.1. The van der Waals surface area contributed by atoms with Crippen molar-refractivity contribution in [3.8, 4) is 11.5 Å². The van der Waals surface area contributed by atoms with Gasteiger partial charge in [0.05, 0.1) is 5.92 Å². The summed E-state index contributed by atoms with van der Waals surface area (Å²) >= 11 is 0. The Morgan fingerprint density at radius 1 is 0.929 bits per heavy atom. The second kappa shape index (κ2) is 7.56. The van der Waals surface area contributed by atoms with E-state index in [9.17, 15) is 9.59 Å². The molecule has 5 nitrogen and oxygen atoms in total. The molecule has 140 valence electrons. The minimum absolute atomic E-state index is 0.112. The molecule has 0 saturated heterocycles. The average molecular weight is 372 g/mol. The van der Waals surface area contributed by atoms with E-state index < -0.39 is 5.92 Å². The Bertz CT molecular complexity index is 1000. The molecule has 5 heteroatoms. The summed E-state index contributed by atoms with van der Waals surface area (Å²) in [6, 6.07) is 24.3. The Labute approximate surface area is 163 Å². The quantitative estimate of drug-likeness (QED) is 0.730. The minimum atomic E-state index is -0.491. The van der Waals surface area contributed by atoms with Crippen LogP contribution in [0.1, 0.15) is 17.9 Å². The lowest BCUT2D eigenvalue weighted by Gasteiger charge is -2.28. The monoisotopic (exact) mass is 372 g/mol. The number of ether oxygens (including phenoxy) is 1. The van der Waals surface area contributed by atoms with Crippen LogP contribution in [-0.4, -0.2) is 18.9 Å². The molecule has 0 radical (unpaired) electrons. The fourth-order valence-corrected chi connectivity index (χ4v) is 3.36. The van der Waals surface area contributed by atoms with Crippen molar-refractivity contribution in [3.63, 3.8) is 0 Å². The third kappa shape index (κ3) is 3.60. The second-order valence-corrected chi connectivity index (χ2v) is 6.70. The first kappa shape index (κ1) is 17.8. The third-order valence-electron chi connectivity index (χ3n) is 4.83. The van der Waals surface area contributed by atoms with Crippen LogP contribution in [0.25, 0.3) is 0 Å². The molecule has 1 atom stereocenters. The van der Waals surface area contributed by atoms with Crippen LogP contribution in [0.5, 0.6) is 11.5 Å². The Morgan fingerprint density at radius 2 is 1.57 bits per heavy atom. The minimum Gasteiger partial charge on any atom is -0.457 e. The van der Waals surface area contributed by atoms with Gasteiger partial charge in [0.1, 0.15) is 11.5 Å². The van der Waals surface area contributed by atoms with Crippen molar-refractivity contribution in [3.05, 3.63) is 84.4 Å². The number of nitrogens with zero attached hydrogens (tertiary/aromatic N) is 1. The molecule has 0 bridgehead atoms. The van der Waals surface area contributed by atoms with Gasteiger partial charge in [0.25, 0.3) is 0 Å². The highest BCUT2D eigenvalue weighted by atomic mass is 16.5. The van der Waals surface area contributed by atoms with E-state index in [0.29, 0.717) is 11.4 Å². The average Bonchev–Trinajstić information content (AvgIpc) is 2.73. The number of rotatable bonds is 4. The molecule has 1 unspecified atom stereocenters. The van der Waals surface area contributed by atoms with Gasteiger partial charge in [0.2, 0.25) is 11.8 Å². The molecule has 1 heterocycles. The summed E-state index contributed by atoms with van der Waals surface area (Å²) in [5, 5.41) is 2.83. The van der Waals surface area contributed by atoms with Crippen molar-refractivity contribution in [1.82, 2.24) is 0 Å². The number of carbonyl (C=O) groups excluding carboxylic acids is 2. The van der Waals surface area contributed by atoms with Crippen LogP contribution in [0.3, 0.4) is 0 Å². The van der Waals surface area contributed by atoms with Crippen LogP contribution in [0.2, 0.25) is 0 Å². The molecule has 1 aliphatic heterocycles. The second-order valence-electron chi connectivity index (χ2n) is 6.70. The van der Waals surface area contributed by atoms with E-state index in [2.05, 4.69) is 5.32 Å². The Hall–Kier alpha value is -3.60. The highest BCUT2D eigenvalue weighted by Crippen LogP contribution is 2.34. The molecule has 0 aromatic heterocycles. The van der Waals surface area contributed by atoms with Crippen molar-refractivity contribution in [1.29, 1.82) is 0 Å². The highest BCUT2D eigenvalue weighted by molar-refractivity contribution is 6.05. The molecule has 0 saturated carbocycles. The molecular formula is C23H20N2O3. The number of benzene rings is 3. The molecule has 3 aromatic carbocycles. The Kier molecular flexibility index (Phi) is 4.81. The molecule has 2 amide bonds. The van der Waals surface area contributed by atoms with Crippen LogP contribution in [0.4, 0.5) is 11.4 Å². The number of amides is 2. The predicted molar refractivity (Wildman–Crippen MR) is 109 cm³/mol. The van der Waals surface area contributed by atoms with Gasteiger partial charge in [-0.3, -0.25) is 9.59 Å².